The number of hydrogen-bond donors (Lipinski definition) is 1. The average Bonchev–Trinajstić information content (AvgIpc) is 2.55. The van der Waals surface area contributed by atoms with Crippen LogP contribution in [0.5, 0.6) is 0 Å². The van der Waals surface area contributed by atoms with Gasteiger partial charge in [0.1, 0.15) is 5.02 Å². The first-order chi connectivity index (χ1) is 11.6. The summed E-state index contributed by atoms with van der Waals surface area (Å²) in [5, 5.41) is 13.3. The molecule has 0 aliphatic carbocycles. The van der Waals surface area contributed by atoms with E-state index in [9.17, 15) is 23.3 Å². The molecule has 10 heteroatoms. The van der Waals surface area contributed by atoms with Crippen LogP contribution in [0.25, 0.3) is 0 Å². The second-order valence-electron chi connectivity index (χ2n) is 5.19. The van der Waals surface area contributed by atoms with Gasteiger partial charge in [-0.3, -0.25) is 14.9 Å². The molecule has 0 unspecified atom stereocenters. The van der Waals surface area contributed by atoms with Gasteiger partial charge in [-0.2, -0.15) is 0 Å². The fourth-order valence-corrected chi connectivity index (χ4v) is 3.08. The summed E-state index contributed by atoms with van der Waals surface area (Å²) in [5.74, 6) is -0.626. The maximum absolute atomic E-state index is 12.3. The van der Waals surface area contributed by atoms with E-state index >= 15 is 0 Å². The fraction of sp³-hybridized carbons (Fsp3) is 0.133. The number of carbonyl (C=O) groups is 1. The molecular formula is C15H14ClN3O5S. The molecule has 8 nitrogen and oxygen atoms in total. The van der Waals surface area contributed by atoms with Crippen molar-refractivity contribution in [2.45, 2.75) is 4.90 Å². The molecule has 0 bridgehead atoms. The average molecular weight is 384 g/mol. The van der Waals surface area contributed by atoms with Crippen molar-refractivity contribution >= 4 is 38.9 Å². The quantitative estimate of drug-likeness (QED) is 0.630. The largest absolute Gasteiger partial charge is 0.322 e. The highest BCUT2D eigenvalue weighted by Crippen LogP contribution is 2.26. The molecule has 0 spiro atoms. The predicted molar refractivity (Wildman–Crippen MR) is 93.4 cm³/mol. The van der Waals surface area contributed by atoms with Gasteiger partial charge in [-0.05, 0) is 30.3 Å². The van der Waals surface area contributed by atoms with Gasteiger partial charge in [0.15, 0.2) is 0 Å². The van der Waals surface area contributed by atoms with Crippen molar-refractivity contribution in [1.82, 2.24) is 4.31 Å². The lowest BCUT2D eigenvalue weighted by Crippen LogP contribution is -2.22. The molecule has 0 atom stereocenters. The van der Waals surface area contributed by atoms with E-state index < -0.39 is 26.5 Å². The van der Waals surface area contributed by atoms with E-state index in [0.29, 0.717) is 0 Å². The van der Waals surface area contributed by atoms with Crippen LogP contribution in [0.15, 0.2) is 47.4 Å². The number of rotatable bonds is 5. The number of nitrogens with one attached hydrogen (secondary N) is 1. The third-order valence-electron chi connectivity index (χ3n) is 3.28. The van der Waals surface area contributed by atoms with Crippen LogP contribution in [0.3, 0.4) is 0 Å². The second-order valence-corrected chi connectivity index (χ2v) is 7.75. The van der Waals surface area contributed by atoms with Crippen molar-refractivity contribution in [3.05, 3.63) is 63.2 Å². The molecule has 0 aromatic heterocycles. The summed E-state index contributed by atoms with van der Waals surface area (Å²) in [5.41, 5.74) is -0.124. The molecule has 0 saturated carbocycles. The Bertz CT molecular complexity index is 944. The minimum absolute atomic E-state index is 0.0115. The molecule has 0 aliphatic heterocycles. The highest BCUT2D eigenvalue weighted by atomic mass is 35.5. The van der Waals surface area contributed by atoms with Gasteiger partial charge < -0.3 is 5.32 Å². The van der Waals surface area contributed by atoms with Crippen LogP contribution in [0.2, 0.25) is 5.02 Å². The molecule has 0 fully saturated rings. The zero-order valence-corrected chi connectivity index (χ0v) is 14.8. The van der Waals surface area contributed by atoms with Gasteiger partial charge in [0.25, 0.3) is 11.6 Å². The number of benzene rings is 2. The molecule has 0 heterocycles. The Morgan fingerprint density at radius 2 is 1.88 bits per heavy atom. The summed E-state index contributed by atoms with van der Waals surface area (Å²) in [4.78, 5) is 22.5. The van der Waals surface area contributed by atoms with Crippen LogP contribution in [-0.4, -0.2) is 37.6 Å². The van der Waals surface area contributed by atoms with Crippen LogP contribution >= 0.6 is 11.6 Å². The van der Waals surface area contributed by atoms with Crippen molar-refractivity contribution < 1.29 is 18.1 Å². The van der Waals surface area contributed by atoms with E-state index in [0.717, 1.165) is 10.4 Å². The van der Waals surface area contributed by atoms with Gasteiger partial charge in [-0.25, -0.2) is 12.7 Å². The molecule has 2 aromatic rings. The van der Waals surface area contributed by atoms with E-state index in [1.807, 2.05) is 0 Å². The van der Waals surface area contributed by atoms with Crippen molar-refractivity contribution in [1.29, 1.82) is 0 Å². The maximum Gasteiger partial charge on any atom is 0.288 e. The number of hydrogen-bond acceptors (Lipinski definition) is 5. The third kappa shape index (κ3) is 4.13. The Morgan fingerprint density at radius 1 is 1.20 bits per heavy atom. The number of amides is 1. The molecule has 1 N–H and O–H groups in total. The van der Waals surface area contributed by atoms with E-state index in [1.54, 1.807) is 0 Å². The number of nitrogens with zero attached hydrogens (tertiary/aromatic N) is 2. The Kier molecular flexibility index (Phi) is 5.41. The Morgan fingerprint density at radius 3 is 2.48 bits per heavy atom. The first-order valence-corrected chi connectivity index (χ1v) is 8.72. The molecule has 25 heavy (non-hydrogen) atoms. The summed E-state index contributed by atoms with van der Waals surface area (Å²) in [6.07, 6.45) is 0. The zero-order valence-electron chi connectivity index (χ0n) is 13.3. The van der Waals surface area contributed by atoms with Crippen LogP contribution < -0.4 is 5.32 Å². The number of nitro groups is 1. The minimum Gasteiger partial charge on any atom is -0.322 e. The molecule has 2 aromatic carbocycles. The lowest BCUT2D eigenvalue weighted by molar-refractivity contribution is -0.384. The van der Waals surface area contributed by atoms with Gasteiger partial charge in [-0.15, -0.1) is 0 Å². The molecule has 0 saturated heterocycles. The summed E-state index contributed by atoms with van der Waals surface area (Å²) in [6, 6.07) is 9.34. The van der Waals surface area contributed by atoms with Gasteiger partial charge in [-0.1, -0.05) is 17.7 Å². The Labute approximate surface area is 149 Å². The molecule has 2 rings (SSSR count). The van der Waals surface area contributed by atoms with Crippen molar-refractivity contribution in [3.63, 3.8) is 0 Å². The second kappa shape index (κ2) is 7.18. The first kappa shape index (κ1) is 18.8. The van der Waals surface area contributed by atoms with E-state index in [1.165, 1.54) is 50.5 Å². The highest BCUT2D eigenvalue weighted by molar-refractivity contribution is 7.89. The van der Waals surface area contributed by atoms with Crippen LogP contribution in [0.1, 0.15) is 10.4 Å². The van der Waals surface area contributed by atoms with Gasteiger partial charge in [0.05, 0.1) is 9.82 Å². The molecule has 1 amide bonds. The maximum atomic E-state index is 12.3. The third-order valence-corrected chi connectivity index (χ3v) is 5.41. The predicted octanol–water partition coefficient (Wildman–Crippen LogP) is 2.75. The molecular weight excluding hydrogens is 370 g/mol. The zero-order chi connectivity index (χ0) is 18.8. The Hall–Kier alpha value is -2.49. The topological polar surface area (TPSA) is 110 Å². The first-order valence-electron chi connectivity index (χ1n) is 6.91. The van der Waals surface area contributed by atoms with E-state index in [2.05, 4.69) is 5.32 Å². The number of halogens is 1. The van der Waals surface area contributed by atoms with Crippen molar-refractivity contribution in [2.75, 3.05) is 19.4 Å². The molecule has 0 aliphatic rings. The standard InChI is InChI=1S/C15H14ClN3O5S/c1-18(2)25(23,24)12-5-3-4-11(9-12)17-15(20)10-6-7-13(16)14(8-10)19(21)22/h3-9H,1-2H3,(H,17,20). The Balaban J connectivity index is 2.30. The normalized spacial score (nSPS) is 11.4. The highest BCUT2D eigenvalue weighted by Gasteiger charge is 2.19. The smallest absolute Gasteiger partial charge is 0.288 e. The van der Waals surface area contributed by atoms with Gasteiger partial charge >= 0.3 is 0 Å². The van der Waals surface area contributed by atoms with Crippen molar-refractivity contribution in [2.24, 2.45) is 0 Å². The summed E-state index contributed by atoms with van der Waals surface area (Å²) in [7, 11) is -0.856. The minimum atomic E-state index is -3.65. The summed E-state index contributed by atoms with van der Waals surface area (Å²) >= 11 is 5.71. The number of carbonyl (C=O) groups excluding carboxylic acids is 1. The van der Waals surface area contributed by atoms with Gasteiger partial charge in [0.2, 0.25) is 10.0 Å². The lowest BCUT2D eigenvalue weighted by atomic mass is 10.2. The molecule has 132 valence electrons. The van der Waals surface area contributed by atoms with Crippen LogP contribution in [0, 0.1) is 10.1 Å². The van der Waals surface area contributed by atoms with E-state index in [-0.39, 0.29) is 21.2 Å². The summed E-state index contributed by atoms with van der Waals surface area (Å²) in [6.45, 7) is 0. The molecule has 0 radical (unpaired) electrons. The van der Waals surface area contributed by atoms with Gasteiger partial charge in [0, 0.05) is 31.4 Å². The number of anilines is 1. The van der Waals surface area contributed by atoms with Crippen LogP contribution in [-0.2, 0) is 10.0 Å². The fourth-order valence-electron chi connectivity index (χ4n) is 1.94. The SMILES string of the molecule is CN(C)S(=O)(=O)c1cccc(NC(=O)c2ccc(Cl)c([N+](=O)[O-])c2)c1. The number of sulfonamides is 1. The van der Waals surface area contributed by atoms with Crippen molar-refractivity contribution in [3.8, 4) is 0 Å². The summed E-state index contributed by atoms with van der Waals surface area (Å²) < 4.78 is 25.3. The van der Waals surface area contributed by atoms with E-state index in [4.69, 9.17) is 11.6 Å². The monoisotopic (exact) mass is 383 g/mol. The van der Waals surface area contributed by atoms with Crippen LogP contribution in [0.4, 0.5) is 11.4 Å². The lowest BCUT2D eigenvalue weighted by Gasteiger charge is -2.12. The number of nitro benzene ring substituents is 1.